The minimum absolute atomic E-state index is 0.0429. The van der Waals surface area contributed by atoms with Gasteiger partial charge in [0.1, 0.15) is 5.75 Å². The minimum Gasteiger partial charge on any atom is -0.493 e. The van der Waals surface area contributed by atoms with E-state index >= 15 is 0 Å². The van der Waals surface area contributed by atoms with Gasteiger partial charge in [0.15, 0.2) is 11.6 Å². The largest absolute Gasteiger partial charge is 0.493 e. The molecule has 1 aromatic rings. The standard InChI is InChI=1S/C10H12FNO2/c1-3-14-8-5-4-7(12)10(11)9(8)6(2)13/h4-5H,3,12H2,1-2H3. The third-order valence-corrected chi connectivity index (χ3v) is 1.79. The first-order valence-corrected chi connectivity index (χ1v) is 4.29. The Kier molecular flexibility index (Phi) is 3.06. The molecule has 0 unspecified atom stereocenters. The number of anilines is 1. The van der Waals surface area contributed by atoms with Gasteiger partial charge >= 0.3 is 0 Å². The first-order valence-electron chi connectivity index (χ1n) is 4.29. The number of carbonyl (C=O) groups excluding carboxylic acids is 1. The van der Waals surface area contributed by atoms with Gasteiger partial charge in [-0.2, -0.15) is 0 Å². The Hall–Kier alpha value is -1.58. The molecule has 1 rings (SSSR count). The second-order valence-electron chi connectivity index (χ2n) is 2.83. The number of benzene rings is 1. The Morgan fingerprint density at radius 2 is 2.21 bits per heavy atom. The van der Waals surface area contributed by atoms with Crippen molar-refractivity contribution in [2.45, 2.75) is 13.8 Å². The van der Waals surface area contributed by atoms with Crippen molar-refractivity contribution < 1.29 is 13.9 Å². The number of ether oxygens (including phenoxy) is 1. The fraction of sp³-hybridized carbons (Fsp3) is 0.300. The highest BCUT2D eigenvalue weighted by Gasteiger charge is 2.16. The number of nitrogen functional groups attached to an aromatic ring is 1. The van der Waals surface area contributed by atoms with Crippen LogP contribution in [0.4, 0.5) is 10.1 Å². The summed E-state index contributed by atoms with van der Waals surface area (Å²) in [5.74, 6) is -0.853. The molecule has 0 fully saturated rings. The summed E-state index contributed by atoms with van der Waals surface area (Å²) in [5, 5.41) is 0. The normalized spacial score (nSPS) is 9.93. The predicted octanol–water partition coefficient (Wildman–Crippen LogP) is 2.01. The van der Waals surface area contributed by atoms with Crippen molar-refractivity contribution in [1.29, 1.82) is 0 Å². The van der Waals surface area contributed by atoms with E-state index < -0.39 is 11.6 Å². The summed E-state index contributed by atoms with van der Waals surface area (Å²) in [7, 11) is 0. The molecule has 0 aliphatic carbocycles. The second kappa shape index (κ2) is 4.09. The van der Waals surface area contributed by atoms with Gasteiger partial charge in [0.25, 0.3) is 0 Å². The molecule has 0 aliphatic heterocycles. The molecule has 0 bridgehead atoms. The van der Waals surface area contributed by atoms with Crippen LogP contribution in [0.5, 0.6) is 5.75 Å². The van der Waals surface area contributed by atoms with E-state index in [0.29, 0.717) is 6.61 Å². The zero-order valence-electron chi connectivity index (χ0n) is 8.13. The molecular weight excluding hydrogens is 185 g/mol. The van der Waals surface area contributed by atoms with Crippen molar-refractivity contribution in [3.63, 3.8) is 0 Å². The summed E-state index contributed by atoms with van der Waals surface area (Å²) in [5.41, 5.74) is 5.22. The predicted molar refractivity (Wildman–Crippen MR) is 52.0 cm³/mol. The first kappa shape index (κ1) is 10.5. The molecule has 0 heterocycles. The van der Waals surface area contributed by atoms with Crippen LogP contribution in [0.2, 0.25) is 0 Å². The van der Waals surface area contributed by atoms with Gasteiger partial charge in [-0.25, -0.2) is 4.39 Å². The molecule has 14 heavy (non-hydrogen) atoms. The zero-order chi connectivity index (χ0) is 10.7. The first-order chi connectivity index (χ1) is 6.57. The van der Waals surface area contributed by atoms with Crippen LogP contribution in [0.15, 0.2) is 12.1 Å². The SMILES string of the molecule is CCOc1ccc(N)c(F)c1C(C)=O. The fourth-order valence-electron chi connectivity index (χ4n) is 1.18. The van der Waals surface area contributed by atoms with Crippen LogP contribution in [0.1, 0.15) is 24.2 Å². The lowest BCUT2D eigenvalue weighted by atomic mass is 10.1. The molecule has 4 heteroatoms. The average Bonchev–Trinajstić information content (AvgIpc) is 2.11. The van der Waals surface area contributed by atoms with Gasteiger partial charge in [-0.05, 0) is 26.0 Å². The second-order valence-corrected chi connectivity index (χ2v) is 2.83. The van der Waals surface area contributed by atoms with Gasteiger partial charge < -0.3 is 10.5 Å². The van der Waals surface area contributed by atoms with Gasteiger partial charge in [0.2, 0.25) is 0 Å². The van der Waals surface area contributed by atoms with Gasteiger partial charge in [0.05, 0.1) is 17.9 Å². The number of nitrogens with two attached hydrogens (primary N) is 1. The van der Waals surface area contributed by atoms with Gasteiger partial charge in [-0.3, -0.25) is 4.79 Å². The smallest absolute Gasteiger partial charge is 0.166 e. The summed E-state index contributed by atoms with van der Waals surface area (Å²) >= 11 is 0. The summed E-state index contributed by atoms with van der Waals surface area (Å²) in [4.78, 5) is 11.1. The average molecular weight is 197 g/mol. The van der Waals surface area contributed by atoms with Crippen LogP contribution in [-0.4, -0.2) is 12.4 Å². The number of Topliss-reactive ketones (excluding diaryl/α,β-unsaturated/α-hetero) is 1. The molecule has 0 aromatic heterocycles. The maximum atomic E-state index is 13.4. The zero-order valence-corrected chi connectivity index (χ0v) is 8.13. The third kappa shape index (κ3) is 1.84. The van der Waals surface area contributed by atoms with E-state index in [9.17, 15) is 9.18 Å². The van der Waals surface area contributed by atoms with Gasteiger partial charge in [-0.1, -0.05) is 0 Å². The molecule has 1 aromatic carbocycles. The van der Waals surface area contributed by atoms with Crippen molar-refractivity contribution in [1.82, 2.24) is 0 Å². The topological polar surface area (TPSA) is 52.3 Å². The number of carbonyl (C=O) groups is 1. The lowest BCUT2D eigenvalue weighted by Gasteiger charge is -2.09. The highest BCUT2D eigenvalue weighted by atomic mass is 19.1. The van der Waals surface area contributed by atoms with Crippen molar-refractivity contribution >= 4 is 11.5 Å². The Bertz CT molecular complexity index is 363. The summed E-state index contributed by atoms with van der Waals surface area (Å²) < 4.78 is 18.5. The lowest BCUT2D eigenvalue weighted by molar-refractivity contribution is 0.101. The van der Waals surface area contributed by atoms with Crippen molar-refractivity contribution in [2.75, 3.05) is 12.3 Å². The molecule has 0 aliphatic rings. The van der Waals surface area contributed by atoms with Gasteiger partial charge in [0, 0.05) is 0 Å². The molecular formula is C10H12FNO2. The number of hydrogen-bond acceptors (Lipinski definition) is 3. The van der Waals surface area contributed by atoms with Crippen molar-refractivity contribution in [3.8, 4) is 5.75 Å². The van der Waals surface area contributed by atoms with Crippen LogP contribution in [0.3, 0.4) is 0 Å². The Morgan fingerprint density at radius 3 is 2.71 bits per heavy atom. The van der Waals surface area contributed by atoms with Gasteiger partial charge in [-0.15, -0.1) is 0 Å². The van der Waals surface area contributed by atoms with E-state index in [-0.39, 0.29) is 17.0 Å². The number of hydrogen-bond donors (Lipinski definition) is 1. The Morgan fingerprint density at radius 1 is 1.57 bits per heavy atom. The highest BCUT2D eigenvalue weighted by molar-refractivity contribution is 5.98. The van der Waals surface area contributed by atoms with Crippen LogP contribution < -0.4 is 10.5 Å². The monoisotopic (exact) mass is 197 g/mol. The summed E-state index contributed by atoms with van der Waals surface area (Å²) in [6.45, 7) is 3.42. The van der Waals surface area contributed by atoms with Crippen LogP contribution in [0, 0.1) is 5.82 Å². The molecule has 0 amide bonds. The Balaban J connectivity index is 3.30. The quantitative estimate of drug-likeness (QED) is 0.595. The maximum absolute atomic E-state index is 13.4. The third-order valence-electron chi connectivity index (χ3n) is 1.79. The van der Waals surface area contributed by atoms with E-state index in [1.807, 2.05) is 0 Å². The molecule has 0 saturated carbocycles. The van der Waals surface area contributed by atoms with E-state index in [0.717, 1.165) is 0 Å². The van der Waals surface area contributed by atoms with E-state index in [2.05, 4.69) is 0 Å². The molecule has 0 atom stereocenters. The number of rotatable bonds is 3. The summed E-state index contributed by atoms with van der Waals surface area (Å²) in [6.07, 6.45) is 0. The molecule has 0 saturated heterocycles. The van der Waals surface area contributed by atoms with Crippen molar-refractivity contribution in [3.05, 3.63) is 23.5 Å². The lowest BCUT2D eigenvalue weighted by Crippen LogP contribution is -2.06. The van der Waals surface area contributed by atoms with Crippen LogP contribution in [0.25, 0.3) is 0 Å². The van der Waals surface area contributed by atoms with E-state index in [1.165, 1.54) is 19.1 Å². The molecule has 76 valence electrons. The highest BCUT2D eigenvalue weighted by Crippen LogP contribution is 2.26. The fourth-order valence-corrected chi connectivity index (χ4v) is 1.18. The maximum Gasteiger partial charge on any atom is 0.166 e. The molecule has 2 N–H and O–H groups in total. The molecule has 0 radical (unpaired) electrons. The van der Waals surface area contributed by atoms with E-state index in [4.69, 9.17) is 10.5 Å². The summed E-state index contributed by atoms with van der Waals surface area (Å²) in [6, 6.07) is 2.88. The van der Waals surface area contributed by atoms with E-state index in [1.54, 1.807) is 6.92 Å². The Labute approximate surface area is 81.7 Å². The van der Waals surface area contributed by atoms with Crippen LogP contribution >= 0.6 is 0 Å². The number of ketones is 1. The van der Waals surface area contributed by atoms with Crippen molar-refractivity contribution in [2.24, 2.45) is 0 Å². The molecule has 0 spiro atoms. The minimum atomic E-state index is -0.705. The number of halogens is 1. The molecule has 3 nitrogen and oxygen atoms in total. The van der Waals surface area contributed by atoms with Crippen LogP contribution in [-0.2, 0) is 0 Å².